The van der Waals surface area contributed by atoms with E-state index in [0.717, 1.165) is 36.7 Å². The first-order valence-corrected chi connectivity index (χ1v) is 10.2. The van der Waals surface area contributed by atoms with Crippen LogP contribution >= 0.6 is 0 Å². The number of hydrogen-bond acceptors (Lipinski definition) is 3. The lowest BCUT2D eigenvalue weighted by molar-refractivity contribution is 0.0996. The molecular formula is C24H26N4O2. The lowest BCUT2D eigenvalue weighted by atomic mass is 9.99. The number of rotatable bonds is 5. The quantitative estimate of drug-likeness (QED) is 0.498. The molecule has 1 atom stereocenters. The minimum atomic E-state index is -0.256. The molecule has 2 N–H and O–H groups in total. The second-order valence-electron chi connectivity index (χ2n) is 7.37. The molecule has 0 saturated carbocycles. The normalized spacial score (nSPS) is 16.5. The Kier molecular flexibility index (Phi) is 6.13. The number of likely N-dealkylation sites (tertiary alicyclic amines) is 1. The number of carbonyl (C=O) groups is 1. The van der Waals surface area contributed by atoms with E-state index in [-0.39, 0.29) is 5.91 Å². The number of nitrogens with zero attached hydrogens (tertiary/aromatic N) is 2. The van der Waals surface area contributed by atoms with Gasteiger partial charge in [-0.25, -0.2) is 0 Å². The summed E-state index contributed by atoms with van der Waals surface area (Å²) in [5.41, 5.74) is 3.24. The zero-order valence-corrected chi connectivity index (χ0v) is 17.0. The Morgan fingerprint density at radius 3 is 2.60 bits per heavy atom. The van der Waals surface area contributed by atoms with Crippen LogP contribution in [0.3, 0.4) is 0 Å². The Bertz CT molecular complexity index is 982. The van der Waals surface area contributed by atoms with Crippen molar-refractivity contribution in [2.75, 3.05) is 25.5 Å². The zero-order chi connectivity index (χ0) is 20.8. The van der Waals surface area contributed by atoms with Crippen molar-refractivity contribution in [1.82, 2.24) is 10.2 Å². The van der Waals surface area contributed by atoms with Crippen LogP contribution in [0.2, 0.25) is 0 Å². The maximum absolute atomic E-state index is 12.1. The van der Waals surface area contributed by atoms with Crippen molar-refractivity contribution in [1.29, 1.82) is 0 Å². The summed E-state index contributed by atoms with van der Waals surface area (Å²) < 4.78 is 5.11. The van der Waals surface area contributed by atoms with E-state index in [1.54, 1.807) is 12.1 Å². The van der Waals surface area contributed by atoms with Gasteiger partial charge in [0.05, 0.1) is 6.26 Å². The van der Waals surface area contributed by atoms with Crippen molar-refractivity contribution >= 4 is 17.6 Å². The molecule has 0 spiro atoms. The molecule has 1 unspecified atom stereocenters. The number of furan rings is 1. The van der Waals surface area contributed by atoms with E-state index in [1.165, 1.54) is 11.8 Å². The first-order valence-electron chi connectivity index (χ1n) is 10.2. The predicted octanol–water partition coefficient (Wildman–Crippen LogP) is 4.10. The fraction of sp³-hybridized carbons (Fsp3) is 0.250. The summed E-state index contributed by atoms with van der Waals surface area (Å²) in [6.45, 7) is 2.64. The van der Waals surface area contributed by atoms with Gasteiger partial charge < -0.3 is 20.0 Å². The van der Waals surface area contributed by atoms with E-state index in [0.29, 0.717) is 18.2 Å². The highest BCUT2D eigenvalue weighted by molar-refractivity contribution is 6.02. The Balaban J connectivity index is 1.30. The van der Waals surface area contributed by atoms with Gasteiger partial charge in [-0.15, -0.1) is 0 Å². The fourth-order valence-corrected chi connectivity index (χ4v) is 3.77. The highest BCUT2D eigenvalue weighted by Gasteiger charge is 2.25. The smallest absolute Gasteiger partial charge is 0.291 e. The first kappa shape index (κ1) is 19.8. The van der Waals surface area contributed by atoms with Crippen molar-refractivity contribution in [3.63, 3.8) is 0 Å². The van der Waals surface area contributed by atoms with Gasteiger partial charge in [0.15, 0.2) is 11.7 Å². The van der Waals surface area contributed by atoms with Crippen LogP contribution in [0.1, 0.15) is 34.0 Å². The van der Waals surface area contributed by atoms with E-state index < -0.39 is 0 Å². The lowest BCUT2D eigenvalue weighted by Crippen LogP contribution is -2.39. The van der Waals surface area contributed by atoms with Crippen LogP contribution in [0, 0.1) is 0 Å². The number of anilines is 1. The van der Waals surface area contributed by atoms with Crippen LogP contribution in [0.25, 0.3) is 0 Å². The lowest BCUT2D eigenvalue weighted by Gasteiger charge is -2.22. The second-order valence-corrected chi connectivity index (χ2v) is 7.37. The Hall–Kier alpha value is -3.54. The number of amides is 1. The molecule has 6 nitrogen and oxygen atoms in total. The molecule has 1 aliphatic heterocycles. The van der Waals surface area contributed by atoms with E-state index in [9.17, 15) is 4.79 Å². The molecule has 4 rings (SSSR count). The van der Waals surface area contributed by atoms with E-state index >= 15 is 0 Å². The van der Waals surface area contributed by atoms with E-state index in [2.05, 4.69) is 50.9 Å². The number of aliphatic imine (C=N–C) groups is 1. The average molecular weight is 402 g/mol. The van der Waals surface area contributed by atoms with Crippen molar-refractivity contribution in [2.24, 2.45) is 4.99 Å². The largest absolute Gasteiger partial charge is 0.459 e. The molecule has 2 heterocycles. The highest BCUT2D eigenvalue weighted by atomic mass is 16.3. The van der Waals surface area contributed by atoms with Gasteiger partial charge in [0.25, 0.3) is 5.91 Å². The van der Waals surface area contributed by atoms with Crippen molar-refractivity contribution in [3.05, 3.63) is 89.9 Å². The Labute approximate surface area is 176 Å². The molecule has 3 aromatic rings. The van der Waals surface area contributed by atoms with Crippen LogP contribution in [0.15, 0.2) is 82.4 Å². The van der Waals surface area contributed by atoms with Crippen LogP contribution in [-0.2, 0) is 6.54 Å². The van der Waals surface area contributed by atoms with Crippen LogP contribution in [0.4, 0.5) is 5.69 Å². The molecular weight excluding hydrogens is 376 g/mol. The minimum absolute atomic E-state index is 0.256. The standard InChI is InChI=1S/C24H26N4O2/c1-25-24(28-14-13-20(17-28)19-6-3-2-4-7-19)26-16-18-9-11-21(12-10-18)27-23(29)22-8-5-15-30-22/h2-12,15,20H,13-14,16-17H2,1H3,(H,25,26)(H,27,29). The molecule has 154 valence electrons. The molecule has 1 aromatic heterocycles. The highest BCUT2D eigenvalue weighted by Crippen LogP contribution is 2.26. The summed E-state index contributed by atoms with van der Waals surface area (Å²) in [7, 11) is 1.82. The molecule has 1 saturated heterocycles. The third-order valence-electron chi connectivity index (χ3n) is 5.38. The van der Waals surface area contributed by atoms with Crippen molar-refractivity contribution < 1.29 is 9.21 Å². The molecule has 2 aromatic carbocycles. The molecule has 30 heavy (non-hydrogen) atoms. The van der Waals surface area contributed by atoms with E-state index in [1.807, 2.05) is 31.3 Å². The van der Waals surface area contributed by atoms with Gasteiger partial charge in [-0.2, -0.15) is 0 Å². The summed E-state index contributed by atoms with van der Waals surface area (Å²) in [6, 6.07) is 21.8. The average Bonchev–Trinajstić information content (AvgIpc) is 3.49. The van der Waals surface area contributed by atoms with E-state index in [4.69, 9.17) is 4.42 Å². The first-order chi connectivity index (χ1) is 14.7. The van der Waals surface area contributed by atoms with Gasteiger partial charge >= 0.3 is 0 Å². The third-order valence-corrected chi connectivity index (χ3v) is 5.38. The minimum Gasteiger partial charge on any atom is -0.459 e. The predicted molar refractivity (Wildman–Crippen MR) is 119 cm³/mol. The Morgan fingerprint density at radius 1 is 1.10 bits per heavy atom. The summed E-state index contributed by atoms with van der Waals surface area (Å²) in [6.07, 6.45) is 2.62. The molecule has 6 heteroatoms. The summed E-state index contributed by atoms with van der Waals surface area (Å²) in [5.74, 6) is 1.50. The van der Waals surface area contributed by atoms with Crippen LogP contribution in [0.5, 0.6) is 0 Å². The zero-order valence-electron chi connectivity index (χ0n) is 17.0. The molecule has 0 aliphatic carbocycles. The second kappa shape index (κ2) is 9.31. The number of guanidine groups is 1. The monoisotopic (exact) mass is 402 g/mol. The SMILES string of the molecule is CN=C(NCc1ccc(NC(=O)c2ccco2)cc1)N1CCC(c2ccccc2)C1. The van der Waals surface area contributed by atoms with Crippen LogP contribution in [-0.4, -0.2) is 36.9 Å². The topological polar surface area (TPSA) is 69.9 Å². The molecule has 0 radical (unpaired) electrons. The molecule has 0 bridgehead atoms. The number of hydrogen-bond donors (Lipinski definition) is 2. The third kappa shape index (κ3) is 4.71. The number of carbonyl (C=O) groups excluding carboxylic acids is 1. The maximum atomic E-state index is 12.1. The summed E-state index contributed by atoms with van der Waals surface area (Å²) in [4.78, 5) is 18.8. The molecule has 1 amide bonds. The van der Waals surface area contributed by atoms with Gasteiger partial charge in [-0.3, -0.25) is 9.79 Å². The van der Waals surface area contributed by atoms with Gasteiger partial charge in [0, 0.05) is 38.3 Å². The fourth-order valence-electron chi connectivity index (χ4n) is 3.77. The van der Waals surface area contributed by atoms with Gasteiger partial charge in [0.2, 0.25) is 0 Å². The maximum Gasteiger partial charge on any atom is 0.291 e. The Morgan fingerprint density at radius 2 is 1.90 bits per heavy atom. The van der Waals surface area contributed by atoms with Gasteiger partial charge in [-0.1, -0.05) is 42.5 Å². The van der Waals surface area contributed by atoms with Crippen molar-refractivity contribution in [3.8, 4) is 0 Å². The summed E-state index contributed by atoms with van der Waals surface area (Å²) in [5, 5.41) is 6.28. The van der Waals surface area contributed by atoms with Gasteiger partial charge in [-0.05, 0) is 41.8 Å². The van der Waals surface area contributed by atoms with Crippen molar-refractivity contribution in [2.45, 2.75) is 18.9 Å². The van der Waals surface area contributed by atoms with Gasteiger partial charge in [0.1, 0.15) is 0 Å². The van der Waals surface area contributed by atoms with Crippen LogP contribution < -0.4 is 10.6 Å². The number of benzene rings is 2. The number of nitrogens with one attached hydrogen (secondary N) is 2. The summed E-state index contributed by atoms with van der Waals surface area (Å²) >= 11 is 0. The molecule has 1 aliphatic rings. The molecule has 1 fully saturated rings.